The standard InChI is InChI=1S/C17H21NO2S/c1-13-9-10-17(11-14(13)2)21(19,20)18-12-15(3)16-7-5-4-6-8-16/h4-11,15,18H,12H2,1-3H3/t15-/m0/s1. The highest BCUT2D eigenvalue weighted by atomic mass is 32.2. The summed E-state index contributed by atoms with van der Waals surface area (Å²) in [5.74, 6) is 0.132. The van der Waals surface area contributed by atoms with E-state index in [0.29, 0.717) is 11.4 Å². The summed E-state index contributed by atoms with van der Waals surface area (Å²) < 4.78 is 27.3. The molecule has 1 N–H and O–H groups in total. The normalized spacial score (nSPS) is 13.1. The predicted molar refractivity (Wildman–Crippen MR) is 86.0 cm³/mol. The van der Waals surface area contributed by atoms with Crippen molar-refractivity contribution in [1.82, 2.24) is 4.72 Å². The topological polar surface area (TPSA) is 46.2 Å². The van der Waals surface area contributed by atoms with Crippen molar-refractivity contribution in [2.45, 2.75) is 31.6 Å². The molecule has 0 aliphatic rings. The highest BCUT2D eigenvalue weighted by molar-refractivity contribution is 7.89. The molecule has 0 fully saturated rings. The fourth-order valence-corrected chi connectivity index (χ4v) is 3.31. The van der Waals surface area contributed by atoms with E-state index in [-0.39, 0.29) is 5.92 Å². The molecule has 2 aromatic rings. The van der Waals surface area contributed by atoms with E-state index in [9.17, 15) is 8.42 Å². The predicted octanol–water partition coefficient (Wildman–Crippen LogP) is 3.39. The van der Waals surface area contributed by atoms with Crippen LogP contribution in [-0.2, 0) is 10.0 Å². The molecule has 0 aromatic heterocycles. The molecule has 0 amide bonds. The van der Waals surface area contributed by atoms with E-state index in [1.165, 1.54) is 0 Å². The van der Waals surface area contributed by atoms with Gasteiger partial charge in [0.2, 0.25) is 10.0 Å². The van der Waals surface area contributed by atoms with Crippen LogP contribution in [0, 0.1) is 13.8 Å². The molecule has 0 aliphatic carbocycles. The summed E-state index contributed by atoms with van der Waals surface area (Å²) in [5.41, 5.74) is 3.20. The molecule has 0 spiro atoms. The van der Waals surface area contributed by atoms with Gasteiger partial charge in [-0.15, -0.1) is 0 Å². The van der Waals surface area contributed by atoms with E-state index >= 15 is 0 Å². The van der Waals surface area contributed by atoms with Gasteiger partial charge in [0.05, 0.1) is 4.90 Å². The van der Waals surface area contributed by atoms with Crippen molar-refractivity contribution in [2.24, 2.45) is 0 Å². The first kappa shape index (κ1) is 15.7. The molecule has 0 saturated carbocycles. The molecule has 0 aliphatic heterocycles. The van der Waals surface area contributed by atoms with Crippen LogP contribution in [0.25, 0.3) is 0 Å². The molecule has 21 heavy (non-hydrogen) atoms. The summed E-state index contributed by atoms with van der Waals surface area (Å²) in [4.78, 5) is 0.325. The van der Waals surface area contributed by atoms with Crippen LogP contribution in [0.15, 0.2) is 53.4 Å². The van der Waals surface area contributed by atoms with Crippen LogP contribution in [0.3, 0.4) is 0 Å². The largest absolute Gasteiger partial charge is 0.240 e. The lowest BCUT2D eigenvalue weighted by molar-refractivity contribution is 0.575. The van der Waals surface area contributed by atoms with Crippen molar-refractivity contribution >= 4 is 10.0 Å². The number of aryl methyl sites for hydroxylation is 2. The fraction of sp³-hybridized carbons (Fsp3) is 0.294. The number of hydrogen-bond acceptors (Lipinski definition) is 2. The van der Waals surface area contributed by atoms with Gasteiger partial charge in [-0.2, -0.15) is 0 Å². The molecule has 0 saturated heterocycles. The maximum atomic E-state index is 12.3. The Labute approximate surface area is 127 Å². The minimum Gasteiger partial charge on any atom is -0.211 e. The van der Waals surface area contributed by atoms with E-state index < -0.39 is 10.0 Å². The summed E-state index contributed by atoms with van der Waals surface area (Å²) >= 11 is 0. The Bertz CT molecular complexity index is 709. The third kappa shape index (κ3) is 3.93. The van der Waals surface area contributed by atoms with Crippen LogP contribution in [0.1, 0.15) is 29.5 Å². The summed E-state index contributed by atoms with van der Waals surface area (Å²) in [5, 5.41) is 0. The van der Waals surface area contributed by atoms with Crippen LogP contribution in [0.4, 0.5) is 0 Å². The van der Waals surface area contributed by atoms with Gasteiger partial charge in [0.25, 0.3) is 0 Å². The Morgan fingerprint density at radius 2 is 1.67 bits per heavy atom. The van der Waals surface area contributed by atoms with Crippen LogP contribution in [0.2, 0.25) is 0 Å². The average molecular weight is 303 g/mol. The Morgan fingerprint density at radius 1 is 1.00 bits per heavy atom. The first-order chi connectivity index (χ1) is 9.90. The van der Waals surface area contributed by atoms with Crippen LogP contribution >= 0.6 is 0 Å². The number of rotatable bonds is 5. The lowest BCUT2D eigenvalue weighted by Gasteiger charge is -2.14. The van der Waals surface area contributed by atoms with Gasteiger partial charge in [0, 0.05) is 6.54 Å². The third-order valence-corrected chi connectivity index (χ3v) is 5.16. The van der Waals surface area contributed by atoms with Gasteiger partial charge in [-0.3, -0.25) is 0 Å². The average Bonchev–Trinajstić information content (AvgIpc) is 2.48. The van der Waals surface area contributed by atoms with Crippen LogP contribution < -0.4 is 4.72 Å². The summed E-state index contributed by atoms with van der Waals surface area (Å²) in [7, 11) is -3.45. The smallest absolute Gasteiger partial charge is 0.211 e. The van der Waals surface area contributed by atoms with Gasteiger partial charge < -0.3 is 0 Å². The maximum Gasteiger partial charge on any atom is 0.240 e. The number of sulfonamides is 1. The zero-order valence-corrected chi connectivity index (χ0v) is 13.4. The molecule has 3 nitrogen and oxygen atoms in total. The molecular formula is C17H21NO2S. The SMILES string of the molecule is Cc1ccc(S(=O)(=O)NC[C@H](C)c2ccccc2)cc1C. The molecule has 0 bridgehead atoms. The lowest BCUT2D eigenvalue weighted by Crippen LogP contribution is -2.27. The van der Waals surface area contributed by atoms with Crippen molar-refractivity contribution < 1.29 is 8.42 Å². The van der Waals surface area contributed by atoms with E-state index in [2.05, 4.69) is 4.72 Å². The van der Waals surface area contributed by atoms with Crippen LogP contribution in [0.5, 0.6) is 0 Å². The van der Waals surface area contributed by atoms with Crippen molar-refractivity contribution in [2.75, 3.05) is 6.54 Å². The van der Waals surface area contributed by atoms with E-state index in [4.69, 9.17) is 0 Å². The third-order valence-electron chi connectivity index (χ3n) is 3.74. The minimum absolute atomic E-state index is 0.132. The molecule has 112 valence electrons. The van der Waals surface area contributed by atoms with Gasteiger partial charge >= 0.3 is 0 Å². The molecule has 1 atom stereocenters. The van der Waals surface area contributed by atoms with Crippen LogP contribution in [-0.4, -0.2) is 15.0 Å². The Balaban J connectivity index is 2.09. The molecule has 2 rings (SSSR count). The second-order valence-corrected chi connectivity index (χ2v) is 7.18. The summed E-state index contributed by atoms with van der Waals surface area (Å²) in [6.07, 6.45) is 0. The van der Waals surface area contributed by atoms with Crippen molar-refractivity contribution in [3.05, 3.63) is 65.2 Å². The quantitative estimate of drug-likeness (QED) is 0.920. The maximum absolute atomic E-state index is 12.3. The molecule has 0 radical (unpaired) electrons. The monoisotopic (exact) mass is 303 g/mol. The second kappa shape index (κ2) is 6.41. The Hall–Kier alpha value is -1.65. The Morgan fingerprint density at radius 3 is 2.29 bits per heavy atom. The van der Waals surface area contributed by atoms with Gasteiger partial charge in [-0.05, 0) is 48.6 Å². The molecule has 2 aromatic carbocycles. The summed E-state index contributed by atoms with van der Waals surface area (Å²) in [6.45, 7) is 6.29. The van der Waals surface area contributed by atoms with E-state index in [0.717, 1.165) is 16.7 Å². The number of nitrogens with one attached hydrogen (secondary N) is 1. The second-order valence-electron chi connectivity index (χ2n) is 5.41. The van der Waals surface area contributed by atoms with Crippen molar-refractivity contribution in [3.63, 3.8) is 0 Å². The Kier molecular flexibility index (Phi) is 4.80. The first-order valence-corrected chi connectivity index (χ1v) is 8.50. The highest BCUT2D eigenvalue weighted by Crippen LogP contribution is 2.17. The van der Waals surface area contributed by atoms with Gasteiger partial charge in [-0.1, -0.05) is 43.3 Å². The first-order valence-electron chi connectivity index (χ1n) is 7.02. The van der Waals surface area contributed by atoms with Crippen molar-refractivity contribution in [1.29, 1.82) is 0 Å². The van der Waals surface area contributed by atoms with Crippen molar-refractivity contribution in [3.8, 4) is 0 Å². The van der Waals surface area contributed by atoms with Gasteiger partial charge in [0.1, 0.15) is 0 Å². The lowest BCUT2D eigenvalue weighted by atomic mass is 10.0. The van der Waals surface area contributed by atoms with Gasteiger partial charge in [-0.25, -0.2) is 13.1 Å². The molecule has 4 heteroatoms. The fourth-order valence-electron chi connectivity index (χ4n) is 2.10. The van der Waals surface area contributed by atoms with Gasteiger partial charge in [0.15, 0.2) is 0 Å². The molecule has 0 heterocycles. The molecule has 0 unspecified atom stereocenters. The zero-order valence-electron chi connectivity index (χ0n) is 12.6. The molecular weight excluding hydrogens is 282 g/mol. The highest BCUT2D eigenvalue weighted by Gasteiger charge is 2.16. The number of hydrogen-bond donors (Lipinski definition) is 1. The summed E-state index contributed by atoms with van der Waals surface area (Å²) in [6, 6.07) is 15.1. The minimum atomic E-state index is -3.45. The van der Waals surface area contributed by atoms with E-state index in [1.54, 1.807) is 12.1 Å². The number of benzene rings is 2. The van der Waals surface area contributed by atoms with E-state index in [1.807, 2.05) is 57.2 Å². The zero-order chi connectivity index (χ0) is 15.5.